The number of rotatable bonds is 8. The largest absolute Gasteiger partial charge is 0.357 e. The Morgan fingerprint density at radius 3 is 2.89 bits per heavy atom. The maximum Gasteiger partial charge on any atom is 0.239 e. The van der Waals surface area contributed by atoms with Gasteiger partial charge < -0.3 is 10.6 Å². The summed E-state index contributed by atoms with van der Waals surface area (Å²) in [7, 11) is 0. The topological polar surface area (TPSA) is 79.8 Å². The van der Waals surface area contributed by atoms with Crippen molar-refractivity contribution >= 4 is 50.6 Å². The maximum atomic E-state index is 13.4. The van der Waals surface area contributed by atoms with E-state index in [0.717, 1.165) is 12.1 Å². The van der Waals surface area contributed by atoms with E-state index >= 15 is 0 Å². The molecule has 0 spiro atoms. The molecular weight excluding hydrogens is 424 g/mol. The summed E-state index contributed by atoms with van der Waals surface area (Å²) in [5, 5.41) is 16.1. The number of carbonyl (C=O) groups is 1. The summed E-state index contributed by atoms with van der Waals surface area (Å²) in [4.78, 5) is 16.7. The van der Waals surface area contributed by atoms with E-state index in [-0.39, 0.29) is 5.91 Å². The average Bonchev–Trinajstić information content (AvgIpc) is 3.31. The van der Waals surface area contributed by atoms with Crippen molar-refractivity contribution in [2.75, 3.05) is 17.2 Å². The first-order valence-electron chi connectivity index (χ1n) is 8.03. The lowest BCUT2D eigenvalue weighted by Gasteiger charge is -2.07. The van der Waals surface area contributed by atoms with Crippen molar-refractivity contribution in [1.29, 1.82) is 0 Å². The highest BCUT2D eigenvalue weighted by Gasteiger charge is 2.19. The van der Waals surface area contributed by atoms with Gasteiger partial charge in [0.2, 0.25) is 11.0 Å². The molecule has 0 aliphatic heterocycles. The van der Waals surface area contributed by atoms with E-state index in [1.165, 1.54) is 40.5 Å². The van der Waals surface area contributed by atoms with Crippen LogP contribution < -0.4 is 10.6 Å². The van der Waals surface area contributed by atoms with Gasteiger partial charge in [0, 0.05) is 17.5 Å². The van der Waals surface area contributed by atoms with Crippen molar-refractivity contribution in [1.82, 2.24) is 15.2 Å². The smallest absolute Gasteiger partial charge is 0.239 e. The number of thiazole rings is 1. The third-order valence-electron chi connectivity index (χ3n) is 3.40. The minimum atomic E-state index is -0.944. The van der Waals surface area contributed by atoms with Gasteiger partial charge in [0.25, 0.3) is 0 Å². The third-order valence-corrected chi connectivity index (χ3v) is 6.22. The standard InChI is InChI=1S/C17H15F2N5OS3/c1-3-6-20-15-23-24-17(28-15)27-9(2)14(25)22-16-21-13(8-26-16)10-4-5-11(18)12(19)7-10/h3-5,7-9H,1,6H2,2H3,(H,20,23)(H,21,22,25). The highest BCUT2D eigenvalue weighted by atomic mass is 32.2. The lowest BCUT2D eigenvalue weighted by Crippen LogP contribution is -2.22. The maximum absolute atomic E-state index is 13.4. The van der Waals surface area contributed by atoms with Crippen molar-refractivity contribution in [2.45, 2.75) is 16.5 Å². The second-order valence-electron chi connectivity index (χ2n) is 5.46. The Kier molecular flexibility index (Phi) is 6.70. The minimum absolute atomic E-state index is 0.244. The molecule has 0 fully saturated rings. The first-order valence-corrected chi connectivity index (χ1v) is 10.6. The van der Waals surface area contributed by atoms with E-state index in [1.54, 1.807) is 18.4 Å². The van der Waals surface area contributed by atoms with Crippen LogP contribution in [0.25, 0.3) is 11.3 Å². The molecule has 1 amide bonds. The zero-order chi connectivity index (χ0) is 20.1. The van der Waals surface area contributed by atoms with Crippen molar-refractivity contribution in [3.05, 3.63) is 47.9 Å². The predicted molar refractivity (Wildman–Crippen MR) is 110 cm³/mol. The number of thioether (sulfide) groups is 1. The number of benzene rings is 1. The fourth-order valence-corrected chi connectivity index (χ4v) is 4.64. The molecule has 6 nitrogen and oxygen atoms in total. The van der Waals surface area contributed by atoms with Crippen LogP contribution in [0.2, 0.25) is 0 Å². The summed E-state index contributed by atoms with van der Waals surface area (Å²) in [6.07, 6.45) is 1.72. The molecule has 0 aliphatic rings. The first-order chi connectivity index (χ1) is 13.5. The van der Waals surface area contributed by atoms with E-state index in [9.17, 15) is 13.6 Å². The Hall–Kier alpha value is -2.37. The van der Waals surface area contributed by atoms with Crippen molar-refractivity contribution in [3.63, 3.8) is 0 Å². The van der Waals surface area contributed by atoms with E-state index in [2.05, 4.69) is 32.4 Å². The van der Waals surface area contributed by atoms with Crippen LogP contribution in [0.15, 0.2) is 40.6 Å². The summed E-state index contributed by atoms with van der Waals surface area (Å²) < 4.78 is 27.1. The number of hydrogen-bond acceptors (Lipinski definition) is 8. The zero-order valence-corrected chi connectivity index (χ0v) is 17.1. The van der Waals surface area contributed by atoms with Crippen LogP contribution in [0.1, 0.15) is 6.92 Å². The number of amides is 1. The average molecular weight is 440 g/mol. The third kappa shape index (κ3) is 5.12. The predicted octanol–water partition coefficient (Wildman–Crippen LogP) is 4.66. The van der Waals surface area contributed by atoms with Crippen LogP contribution in [-0.4, -0.2) is 32.9 Å². The number of nitrogens with one attached hydrogen (secondary N) is 2. The first kappa shape index (κ1) is 20.4. The summed E-state index contributed by atoms with van der Waals surface area (Å²) in [6, 6.07) is 3.55. The van der Waals surface area contributed by atoms with Crippen molar-refractivity contribution in [2.24, 2.45) is 0 Å². The summed E-state index contributed by atoms with van der Waals surface area (Å²) in [5.74, 6) is -2.11. The Morgan fingerprint density at radius 1 is 1.32 bits per heavy atom. The highest BCUT2D eigenvalue weighted by Crippen LogP contribution is 2.30. The monoisotopic (exact) mass is 439 g/mol. The number of nitrogens with zero attached hydrogens (tertiary/aromatic N) is 3. The molecule has 0 bridgehead atoms. The van der Waals surface area contributed by atoms with E-state index in [1.807, 2.05) is 0 Å². The number of hydrogen-bond donors (Lipinski definition) is 2. The molecule has 3 rings (SSSR count). The molecule has 1 atom stereocenters. The van der Waals surface area contributed by atoms with Crippen LogP contribution in [-0.2, 0) is 4.79 Å². The van der Waals surface area contributed by atoms with Gasteiger partial charge in [0.05, 0.1) is 10.9 Å². The quantitative estimate of drug-likeness (QED) is 0.393. The van der Waals surface area contributed by atoms with Crippen LogP contribution in [0.5, 0.6) is 0 Å². The van der Waals surface area contributed by atoms with Gasteiger partial charge in [-0.1, -0.05) is 29.2 Å². The van der Waals surface area contributed by atoms with E-state index in [0.29, 0.717) is 32.4 Å². The van der Waals surface area contributed by atoms with E-state index < -0.39 is 16.9 Å². The normalized spacial score (nSPS) is 11.8. The van der Waals surface area contributed by atoms with Crippen LogP contribution in [0.3, 0.4) is 0 Å². The van der Waals surface area contributed by atoms with Crippen molar-refractivity contribution in [3.8, 4) is 11.3 Å². The molecule has 0 saturated heterocycles. The van der Waals surface area contributed by atoms with Gasteiger partial charge in [-0.2, -0.15) is 0 Å². The van der Waals surface area contributed by atoms with Gasteiger partial charge in [-0.15, -0.1) is 28.1 Å². The summed E-state index contributed by atoms with van der Waals surface area (Å²) >= 11 is 3.84. The lowest BCUT2D eigenvalue weighted by atomic mass is 10.2. The van der Waals surface area contributed by atoms with Gasteiger partial charge in [0.1, 0.15) is 0 Å². The summed E-state index contributed by atoms with van der Waals surface area (Å²) in [5.41, 5.74) is 0.896. The molecule has 2 heterocycles. The van der Waals surface area contributed by atoms with Crippen LogP contribution in [0, 0.1) is 11.6 Å². The second kappa shape index (κ2) is 9.22. The molecule has 1 unspecified atom stereocenters. The molecule has 0 aliphatic carbocycles. The molecule has 1 aromatic carbocycles. The fraction of sp³-hybridized carbons (Fsp3) is 0.176. The van der Waals surface area contributed by atoms with Gasteiger partial charge in [-0.05, 0) is 25.1 Å². The van der Waals surface area contributed by atoms with Crippen molar-refractivity contribution < 1.29 is 13.6 Å². The molecule has 3 aromatic rings. The number of aromatic nitrogens is 3. The molecule has 2 N–H and O–H groups in total. The molecule has 2 aromatic heterocycles. The lowest BCUT2D eigenvalue weighted by molar-refractivity contribution is -0.115. The van der Waals surface area contributed by atoms with E-state index in [4.69, 9.17) is 0 Å². The number of anilines is 2. The molecule has 28 heavy (non-hydrogen) atoms. The Bertz CT molecular complexity index is 991. The second-order valence-corrected chi connectivity index (χ2v) is 8.88. The molecule has 146 valence electrons. The number of carbonyl (C=O) groups excluding carboxylic acids is 1. The highest BCUT2D eigenvalue weighted by molar-refractivity contribution is 8.02. The molecule has 11 heteroatoms. The Balaban J connectivity index is 1.59. The number of halogens is 2. The summed E-state index contributed by atoms with van der Waals surface area (Å²) in [6.45, 7) is 5.95. The minimum Gasteiger partial charge on any atom is -0.357 e. The van der Waals surface area contributed by atoms with Crippen LogP contribution in [0.4, 0.5) is 19.0 Å². The molecular formula is C17H15F2N5OS3. The van der Waals surface area contributed by atoms with Gasteiger partial charge >= 0.3 is 0 Å². The Morgan fingerprint density at radius 2 is 2.14 bits per heavy atom. The van der Waals surface area contributed by atoms with Crippen LogP contribution >= 0.6 is 34.4 Å². The van der Waals surface area contributed by atoms with Gasteiger partial charge in [0.15, 0.2) is 21.1 Å². The van der Waals surface area contributed by atoms with Gasteiger partial charge in [-0.25, -0.2) is 13.8 Å². The Labute approximate surface area is 172 Å². The van der Waals surface area contributed by atoms with Gasteiger partial charge in [-0.3, -0.25) is 4.79 Å². The molecule has 0 saturated carbocycles. The SMILES string of the molecule is C=CCNc1nnc(SC(C)C(=O)Nc2nc(-c3ccc(F)c(F)c3)cs2)s1. The zero-order valence-electron chi connectivity index (χ0n) is 14.6. The fourth-order valence-electron chi connectivity index (χ4n) is 2.02. The molecule has 0 radical (unpaired) electrons.